The smallest absolute Gasteiger partial charge is 0.211 e. The van der Waals surface area contributed by atoms with Gasteiger partial charge in [0.2, 0.25) is 6.08 Å². The number of hydrogen-bond donors (Lipinski definition) is 0. The maximum atomic E-state index is 10.8. The van der Waals surface area contributed by atoms with Gasteiger partial charge in [0.05, 0.1) is 0 Å². The largest absolute Gasteiger partial charge is 0.236 e. The van der Waals surface area contributed by atoms with E-state index in [1.54, 1.807) is 6.08 Å². The summed E-state index contributed by atoms with van der Waals surface area (Å²) in [7, 11) is 0. The summed E-state index contributed by atoms with van der Waals surface area (Å²) < 4.78 is 0. The second kappa shape index (κ2) is 5.44. The fourth-order valence-electron chi connectivity index (χ4n) is 2.29. The second-order valence-electron chi connectivity index (χ2n) is 4.15. The number of carbonyl (C=O) groups excluding carboxylic acids is 1. The Labute approximate surface area is 107 Å². The van der Waals surface area contributed by atoms with E-state index in [1.807, 2.05) is 67.6 Å². The summed E-state index contributed by atoms with van der Waals surface area (Å²) in [6.07, 6.45) is 2.45. The zero-order valence-electron chi connectivity index (χ0n) is 10.3. The molecule has 0 saturated carbocycles. The molecule has 0 N–H and O–H groups in total. The lowest BCUT2D eigenvalue weighted by Crippen LogP contribution is -2.24. The van der Waals surface area contributed by atoms with Crippen molar-refractivity contribution in [1.82, 2.24) is 0 Å². The summed E-state index contributed by atoms with van der Waals surface area (Å²) in [5, 5.41) is 0. The molecule has 0 spiro atoms. The van der Waals surface area contributed by atoms with Crippen molar-refractivity contribution in [3.8, 4) is 0 Å². The van der Waals surface area contributed by atoms with Crippen molar-refractivity contribution in [2.24, 2.45) is 4.99 Å². The number of isocyanates is 1. The van der Waals surface area contributed by atoms with Crippen molar-refractivity contribution in [1.29, 1.82) is 0 Å². The zero-order valence-corrected chi connectivity index (χ0v) is 10.3. The molecule has 0 unspecified atom stereocenters. The first kappa shape index (κ1) is 12.3. The maximum absolute atomic E-state index is 10.8. The van der Waals surface area contributed by atoms with Gasteiger partial charge < -0.3 is 0 Å². The molecule has 0 fully saturated rings. The lowest BCUT2D eigenvalue weighted by Gasteiger charge is -2.28. The predicted octanol–water partition coefficient (Wildman–Crippen LogP) is 3.68. The number of aliphatic imine (C=N–C) groups is 1. The minimum Gasteiger partial charge on any atom is -0.211 e. The highest BCUT2D eigenvalue weighted by atomic mass is 16.1. The van der Waals surface area contributed by atoms with E-state index in [0.717, 1.165) is 17.5 Å². The highest BCUT2D eigenvalue weighted by molar-refractivity contribution is 5.45. The highest BCUT2D eigenvalue weighted by Gasteiger charge is 2.31. The van der Waals surface area contributed by atoms with Crippen molar-refractivity contribution < 1.29 is 4.79 Å². The molecule has 2 aromatic carbocycles. The van der Waals surface area contributed by atoms with E-state index in [4.69, 9.17) is 0 Å². The van der Waals surface area contributed by atoms with Gasteiger partial charge in [-0.3, -0.25) is 0 Å². The molecule has 2 rings (SSSR count). The third-order valence-corrected chi connectivity index (χ3v) is 3.25. The van der Waals surface area contributed by atoms with Crippen LogP contribution in [0.2, 0.25) is 0 Å². The molecule has 0 aliphatic heterocycles. The molecule has 0 heterocycles. The molecule has 0 amide bonds. The van der Waals surface area contributed by atoms with Gasteiger partial charge in [-0.1, -0.05) is 67.6 Å². The Kier molecular flexibility index (Phi) is 3.71. The van der Waals surface area contributed by atoms with Crippen LogP contribution in [0.5, 0.6) is 0 Å². The van der Waals surface area contributed by atoms with Gasteiger partial charge in [-0.25, -0.2) is 4.79 Å². The van der Waals surface area contributed by atoms with Crippen LogP contribution in [0.4, 0.5) is 0 Å². The van der Waals surface area contributed by atoms with Crippen LogP contribution < -0.4 is 0 Å². The second-order valence-corrected chi connectivity index (χ2v) is 4.15. The Balaban J connectivity index is 2.65. The summed E-state index contributed by atoms with van der Waals surface area (Å²) in [4.78, 5) is 14.9. The summed E-state index contributed by atoms with van der Waals surface area (Å²) in [6, 6.07) is 19.8. The van der Waals surface area contributed by atoms with Gasteiger partial charge in [0.25, 0.3) is 0 Å². The minimum atomic E-state index is -0.621. The van der Waals surface area contributed by atoms with Gasteiger partial charge in [0.1, 0.15) is 5.54 Å². The third-order valence-electron chi connectivity index (χ3n) is 3.25. The number of rotatable bonds is 4. The SMILES string of the molecule is CCC(N=C=O)(c1ccccc1)c1ccccc1. The zero-order chi connectivity index (χ0) is 12.8. The van der Waals surface area contributed by atoms with Gasteiger partial charge in [-0.15, -0.1) is 0 Å². The van der Waals surface area contributed by atoms with E-state index in [-0.39, 0.29) is 0 Å². The molecule has 90 valence electrons. The van der Waals surface area contributed by atoms with Gasteiger partial charge in [-0.2, -0.15) is 4.99 Å². The molecule has 0 saturated heterocycles. The van der Waals surface area contributed by atoms with Gasteiger partial charge in [0.15, 0.2) is 0 Å². The van der Waals surface area contributed by atoms with Crippen LogP contribution >= 0.6 is 0 Å². The molecule has 0 aliphatic rings. The van der Waals surface area contributed by atoms with E-state index in [0.29, 0.717) is 0 Å². The summed E-state index contributed by atoms with van der Waals surface area (Å²) >= 11 is 0. The average Bonchev–Trinajstić information content (AvgIpc) is 2.47. The van der Waals surface area contributed by atoms with E-state index < -0.39 is 5.54 Å². The Morgan fingerprint density at radius 1 is 0.944 bits per heavy atom. The normalized spacial score (nSPS) is 10.7. The molecule has 0 atom stereocenters. The van der Waals surface area contributed by atoms with Crippen molar-refractivity contribution >= 4 is 6.08 Å². The van der Waals surface area contributed by atoms with Crippen LogP contribution in [-0.4, -0.2) is 6.08 Å². The third kappa shape index (κ3) is 2.11. The summed E-state index contributed by atoms with van der Waals surface area (Å²) in [5.74, 6) is 0. The average molecular weight is 237 g/mol. The van der Waals surface area contributed by atoms with Crippen LogP contribution in [0.25, 0.3) is 0 Å². The van der Waals surface area contributed by atoms with Crippen LogP contribution in [0.15, 0.2) is 65.7 Å². The number of benzene rings is 2. The van der Waals surface area contributed by atoms with Crippen molar-refractivity contribution in [2.45, 2.75) is 18.9 Å². The molecular formula is C16H15NO. The molecule has 18 heavy (non-hydrogen) atoms. The topological polar surface area (TPSA) is 29.4 Å². The first-order valence-corrected chi connectivity index (χ1v) is 6.03. The standard InChI is InChI=1S/C16H15NO/c1-2-16(17-13-18,14-9-5-3-6-10-14)15-11-7-4-8-12-15/h3-12H,2H2,1H3. The lowest BCUT2D eigenvalue weighted by molar-refractivity contribution is 0.502. The Hall–Kier alpha value is -2.18. The first-order chi connectivity index (χ1) is 8.83. The molecule has 2 nitrogen and oxygen atoms in total. The molecule has 2 aromatic rings. The van der Waals surface area contributed by atoms with E-state index >= 15 is 0 Å². The van der Waals surface area contributed by atoms with Crippen LogP contribution in [0.1, 0.15) is 24.5 Å². The molecule has 0 bridgehead atoms. The molecular weight excluding hydrogens is 222 g/mol. The van der Waals surface area contributed by atoms with E-state index in [1.165, 1.54) is 0 Å². The highest BCUT2D eigenvalue weighted by Crippen LogP contribution is 2.36. The van der Waals surface area contributed by atoms with Gasteiger partial charge >= 0.3 is 0 Å². The van der Waals surface area contributed by atoms with Gasteiger partial charge in [-0.05, 0) is 17.5 Å². The van der Waals surface area contributed by atoms with Gasteiger partial charge in [0, 0.05) is 0 Å². The molecule has 2 heteroatoms. The number of nitrogens with zero attached hydrogens (tertiary/aromatic N) is 1. The summed E-state index contributed by atoms with van der Waals surface area (Å²) in [5.41, 5.74) is 1.41. The van der Waals surface area contributed by atoms with E-state index in [9.17, 15) is 4.79 Å². The lowest BCUT2D eigenvalue weighted by atomic mass is 9.81. The van der Waals surface area contributed by atoms with Crippen LogP contribution in [0.3, 0.4) is 0 Å². The molecule has 0 aliphatic carbocycles. The Morgan fingerprint density at radius 2 is 1.39 bits per heavy atom. The van der Waals surface area contributed by atoms with Crippen LogP contribution in [0, 0.1) is 0 Å². The monoisotopic (exact) mass is 237 g/mol. The molecule has 0 aromatic heterocycles. The Bertz CT molecular complexity index is 502. The number of hydrogen-bond acceptors (Lipinski definition) is 2. The molecule has 0 radical (unpaired) electrons. The Morgan fingerprint density at radius 3 is 1.72 bits per heavy atom. The fourth-order valence-corrected chi connectivity index (χ4v) is 2.29. The maximum Gasteiger partial charge on any atom is 0.236 e. The van der Waals surface area contributed by atoms with Crippen molar-refractivity contribution in [3.05, 3.63) is 71.8 Å². The minimum absolute atomic E-state index is 0.621. The first-order valence-electron chi connectivity index (χ1n) is 6.03. The van der Waals surface area contributed by atoms with Crippen molar-refractivity contribution in [2.75, 3.05) is 0 Å². The van der Waals surface area contributed by atoms with Crippen molar-refractivity contribution in [3.63, 3.8) is 0 Å². The quantitative estimate of drug-likeness (QED) is 0.589. The predicted molar refractivity (Wildman–Crippen MR) is 72.1 cm³/mol. The van der Waals surface area contributed by atoms with Crippen LogP contribution in [-0.2, 0) is 10.3 Å². The van der Waals surface area contributed by atoms with E-state index in [2.05, 4.69) is 4.99 Å². The fraction of sp³-hybridized carbons (Fsp3) is 0.188. The summed E-state index contributed by atoms with van der Waals surface area (Å²) in [6.45, 7) is 2.03.